The summed E-state index contributed by atoms with van der Waals surface area (Å²) in [4.78, 5) is 24.0. The highest BCUT2D eigenvalue weighted by atomic mass is 35.5. The molecule has 0 aliphatic carbocycles. The molecule has 5 heterocycles. The summed E-state index contributed by atoms with van der Waals surface area (Å²) in [5, 5.41) is 26.7. The number of ether oxygens (including phenoxy) is 1. The van der Waals surface area contributed by atoms with E-state index in [9.17, 15) is 4.79 Å². The molecule has 4 aromatic heterocycles. The van der Waals surface area contributed by atoms with E-state index in [1.54, 1.807) is 18.6 Å². The SMILES string of the molecule is O=C(OCCc1cc(Cc2nnc(Nc3ccc(Cl)cc3)c3ccccc23)ccn1)C1CCN(c2nnc(Cc3ccncc3)c3ccccc23)CC1. The van der Waals surface area contributed by atoms with Crippen LogP contribution in [0.25, 0.3) is 21.5 Å². The smallest absolute Gasteiger partial charge is 0.309 e. The number of nitrogens with zero attached hydrogens (tertiary/aromatic N) is 7. The van der Waals surface area contributed by atoms with E-state index >= 15 is 0 Å². The molecule has 0 radical (unpaired) electrons. The number of carbonyl (C=O) groups excluding carboxylic acids is 1. The van der Waals surface area contributed by atoms with Crippen molar-refractivity contribution < 1.29 is 9.53 Å². The Bertz CT molecular complexity index is 2370. The van der Waals surface area contributed by atoms with E-state index in [2.05, 4.69) is 64.8 Å². The minimum Gasteiger partial charge on any atom is -0.465 e. The number of pyridine rings is 2. The molecule has 264 valence electrons. The van der Waals surface area contributed by atoms with Crippen LogP contribution in [0.2, 0.25) is 5.02 Å². The molecule has 3 aromatic carbocycles. The average Bonchev–Trinajstić information content (AvgIpc) is 3.20. The lowest BCUT2D eigenvalue weighted by molar-refractivity contribution is -0.149. The molecule has 0 unspecified atom stereocenters. The molecule has 7 aromatic rings. The number of piperidine rings is 1. The van der Waals surface area contributed by atoms with Gasteiger partial charge in [-0.25, -0.2) is 0 Å². The third-order valence-corrected chi connectivity index (χ3v) is 9.97. The second kappa shape index (κ2) is 15.7. The predicted octanol–water partition coefficient (Wildman–Crippen LogP) is 7.94. The maximum absolute atomic E-state index is 13.1. The van der Waals surface area contributed by atoms with Crippen LogP contribution in [0.15, 0.2) is 116 Å². The monoisotopic (exact) mass is 720 g/mol. The van der Waals surface area contributed by atoms with Crippen molar-refractivity contribution in [2.45, 2.75) is 32.1 Å². The Labute approximate surface area is 312 Å². The largest absolute Gasteiger partial charge is 0.465 e. The zero-order chi connectivity index (χ0) is 36.0. The molecule has 53 heavy (non-hydrogen) atoms. The molecular formula is C42H37ClN8O2. The number of anilines is 3. The maximum atomic E-state index is 13.1. The summed E-state index contributed by atoms with van der Waals surface area (Å²) in [6, 6.07) is 31.9. The first kappa shape index (κ1) is 34.1. The van der Waals surface area contributed by atoms with E-state index in [4.69, 9.17) is 16.3 Å². The molecule has 11 heteroatoms. The van der Waals surface area contributed by atoms with Crippen LogP contribution in [-0.2, 0) is 28.8 Å². The van der Waals surface area contributed by atoms with Gasteiger partial charge < -0.3 is 15.0 Å². The zero-order valence-corrected chi connectivity index (χ0v) is 29.8. The minimum absolute atomic E-state index is 0.153. The number of nitrogens with one attached hydrogen (secondary N) is 1. The van der Waals surface area contributed by atoms with Crippen molar-refractivity contribution in [3.8, 4) is 0 Å². The van der Waals surface area contributed by atoms with Crippen molar-refractivity contribution in [2.24, 2.45) is 5.92 Å². The van der Waals surface area contributed by atoms with Gasteiger partial charge in [0.05, 0.1) is 23.9 Å². The standard InChI is InChI=1S/C42H37ClN8O2/c43-31-9-11-32(12-10-31)46-40-36-7-3-1-5-34(36)39(47-49-40)27-29-15-21-45-33(25-29)18-24-53-42(52)30-16-22-51(23-17-30)41-37-8-4-2-6-35(37)38(48-50-41)26-28-13-19-44-20-14-28/h1-15,19-21,25,30H,16-18,22-24,26-27H2,(H,46,49). The number of halogens is 1. The second-order valence-electron chi connectivity index (χ2n) is 13.2. The summed E-state index contributed by atoms with van der Waals surface area (Å²) in [6.07, 6.45) is 8.60. The average molecular weight is 721 g/mol. The van der Waals surface area contributed by atoms with E-state index in [0.29, 0.717) is 56.0 Å². The summed E-state index contributed by atoms with van der Waals surface area (Å²) in [5.41, 5.74) is 5.76. The van der Waals surface area contributed by atoms with Crippen LogP contribution < -0.4 is 10.2 Å². The van der Waals surface area contributed by atoms with Gasteiger partial charge in [0.25, 0.3) is 0 Å². The fourth-order valence-electron chi connectivity index (χ4n) is 6.92. The first-order valence-electron chi connectivity index (χ1n) is 17.8. The van der Waals surface area contributed by atoms with Gasteiger partial charge in [0.2, 0.25) is 0 Å². The normalized spacial score (nSPS) is 13.3. The van der Waals surface area contributed by atoms with E-state index in [1.165, 1.54) is 0 Å². The van der Waals surface area contributed by atoms with Crippen LogP contribution >= 0.6 is 11.6 Å². The van der Waals surface area contributed by atoms with Crippen molar-refractivity contribution in [1.29, 1.82) is 0 Å². The number of aromatic nitrogens is 6. The molecule has 0 spiro atoms. The second-order valence-corrected chi connectivity index (χ2v) is 13.7. The van der Waals surface area contributed by atoms with Gasteiger partial charge in [0, 0.05) is 88.9 Å². The first-order valence-corrected chi connectivity index (χ1v) is 18.2. The summed E-state index contributed by atoms with van der Waals surface area (Å²) in [7, 11) is 0. The summed E-state index contributed by atoms with van der Waals surface area (Å²) < 4.78 is 5.79. The quantitative estimate of drug-likeness (QED) is 0.132. The fourth-order valence-corrected chi connectivity index (χ4v) is 7.05. The van der Waals surface area contributed by atoms with Crippen LogP contribution in [-0.4, -0.2) is 56.0 Å². The van der Waals surface area contributed by atoms with Gasteiger partial charge in [-0.2, -0.15) is 10.2 Å². The first-order chi connectivity index (χ1) is 26.1. The molecule has 0 saturated carbocycles. The number of benzene rings is 3. The van der Waals surface area contributed by atoms with Crippen molar-refractivity contribution >= 4 is 56.4 Å². The highest BCUT2D eigenvalue weighted by molar-refractivity contribution is 6.30. The number of esters is 1. The summed E-state index contributed by atoms with van der Waals surface area (Å²) in [6.45, 7) is 1.70. The molecular weight excluding hydrogens is 684 g/mol. The molecule has 1 aliphatic rings. The minimum atomic E-state index is -0.154. The Morgan fingerprint density at radius 3 is 2.13 bits per heavy atom. The Hall–Kier alpha value is -6.00. The van der Waals surface area contributed by atoms with E-state index in [0.717, 1.165) is 61.3 Å². The molecule has 0 atom stereocenters. The molecule has 0 bridgehead atoms. The third-order valence-electron chi connectivity index (χ3n) is 9.72. The lowest BCUT2D eigenvalue weighted by Gasteiger charge is -2.32. The Balaban J connectivity index is 0.858. The fraction of sp³-hybridized carbons (Fsp3) is 0.214. The number of rotatable bonds is 11. The van der Waals surface area contributed by atoms with Gasteiger partial charge >= 0.3 is 5.97 Å². The van der Waals surface area contributed by atoms with Crippen LogP contribution in [0.5, 0.6) is 0 Å². The Morgan fingerprint density at radius 2 is 1.38 bits per heavy atom. The van der Waals surface area contributed by atoms with E-state index in [1.807, 2.05) is 72.8 Å². The van der Waals surface area contributed by atoms with Crippen molar-refractivity contribution in [1.82, 2.24) is 30.4 Å². The van der Waals surface area contributed by atoms with E-state index in [-0.39, 0.29) is 18.5 Å². The number of hydrogen-bond donors (Lipinski definition) is 1. The van der Waals surface area contributed by atoms with Gasteiger partial charge in [-0.3, -0.25) is 14.8 Å². The topological polar surface area (TPSA) is 119 Å². The molecule has 10 nitrogen and oxygen atoms in total. The van der Waals surface area contributed by atoms with Crippen molar-refractivity contribution in [3.63, 3.8) is 0 Å². The molecule has 1 fully saturated rings. The summed E-state index contributed by atoms with van der Waals surface area (Å²) >= 11 is 6.06. The van der Waals surface area contributed by atoms with Crippen LogP contribution in [0.4, 0.5) is 17.3 Å². The maximum Gasteiger partial charge on any atom is 0.309 e. The van der Waals surface area contributed by atoms with Gasteiger partial charge in [-0.15, -0.1) is 10.2 Å². The highest BCUT2D eigenvalue weighted by Gasteiger charge is 2.28. The lowest BCUT2D eigenvalue weighted by atomic mass is 9.96. The number of carbonyl (C=O) groups is 1. The molecule has 1 N–H and O–H groups in total. The van der Waals surface area contributed by atoms with Gasteiger partial charge in [-0.1, -0.05) is 60.1 Å². The molecule has 0 amide bonds. The van der Waals surface area contributed by atoms with Crippen molar-refractivity contribution in [2.75, 3.05) is 29.9 Å². The number of fused-ring (bicyclic) bond motifs is 2. The van der Waals surface area contributed by atoms with Gasteiger partial charge in [-0.05, 0) is 72.5 Å². The molecule has 1 saturated heterocycles. The van der Waals surface area contributed by atoms with E-state index < -0.39 is 0 Å². The van der Waals surface area contributed by atoms with Crippen LogP contribution in [0, 0.1) is 5.92 Å². The third kappa shape index (κ3) is 7.93. The predicted molar refractivity (Wildman–Crippen MR) is 207 cm³/mol. The Kier molecular flexibility index (Phi) is 10.1. The molecule has 1 aliphatic heterocycles. The van der Waals surface area contributed by atoms with Gasteiger partial charge in [0.1, 0.15) is 0 Å². The molecule has 8 rings (SSSR count). The highest BCUT2D eigenvalue weighted by Crippen LogP contribution is 2.31. The number of hydrogen-bond acceptors (Lipinski definition) is 10. The Morgan fingerprint density at radius 1 is 0.736 bits per heavy atom. The van der Waals surface area contributed by atoms with Crippen molar-refractivity contribution in [3.05, 3.63) is 149 Å². The lowest BCUT2D eigenvalue weighted by Crippen LogP contribution is -2.37. The van der Waals surface area contributed by atoms with Gasteiger partial charge in [0.15, 0.2) is 11.6 Å². The summed E-state index contributed by atoms with van der Waals surface area (Å²) in [5.74, 6) is 1.24. The van der Waals surface area contributed by atoms with Crippen LogP contribution in [0.1, 0.15) is 41.1 Å². The zero-order valence-electron chi connectivity index (χ0n) is 29.0. The van der Waals surface area contributed by atoms with Crippen LogP contribution in [0.3, 0.4) is 0 Å².